The van der Waals surface area contributed by atoms with Gasteiger partial charge in [0.25, 0.3) is 0 Å². The molecule has 23 nitrogen and oxygen atoms in total. The Balaban J connectivity index is -0.00000100. The lowest BCUT2D eigenvalue weighted by Gasteiger charge is -2.06. The molecule has 0 aliphatic rings. The van der Waals surface area contributed by atoms with Crippen LogP contribution in [0.4, 0.5) is 0 Å². The van der Waals surface area contributed by atoms with E-state index in [1.807, 2.05) is 0 Å². The molecular weight excluding hydrogens is 812 g/mol. The van der Waals surface area contributed by atoms with Gasteiger partial charge in [-0.05, 0) is 75.6 Å². The van der Waals surface area contributed by atoms with Crippen molar-refractivity contribution in [1.82, 2.24) is 0 Å². The first-order valence-electron chi connectivity index (χ1n) is 18.2. The Morgan fingerprint density at radius 3 is 1.07 bits per heavy atom. The number of aliphatic hydroxyl groups is 3. The molecule has 2 rings (SSSR count). The minimum absolute atomic E-state index is 0. The SMILES string of the molecule is COCCCCOC(=O)c1ccc(C(=O)OCCCCOC(=O)CCC(=O)OCCCCO)o1.O.O=C(O)CCC(=O)O.O=C(O)c1ccc(C(=O)O)o1.OCCCCO. The minimum atomic E-state index is -1.28. The van der Waals surface area contributed by atoms with Crippen LogP contribution in [-0.4, -0.2) is 149 Å². The zero-order valence-electron chi connectivity index (χ0n) is 33.2. The number of carboxylic acids is 4. The van der Waals surface area contributed by atoms with Crippen molar-refractivity contribution in [2.75, 3.05) is 60.0 Å². The molecule has 60 heavy (non-hydrogen) atoms. The Hall–Kier alpha value is -5.88. The van der Waals surface area contributed by atoms with Gasteiger partial charge in [-0.25, -0.2) is 19.2 Å². The average Bonchev–Trinajstić information content (AvgIpc) is 3.91. The lowest BCUT2D eigenvalue weighted by molar-refractivity contribution is -0.150. The fourth-order valence-electron chi connectivity index (χ4n) is 3.52. The maximum atomic E-state index is 12.0. The van der Waals surface area contributed by atoms with E-state index in [0.29, 0.717) is 38.7 Å². The van der Waals surface area contributed by atoms with Crippen molar-refractivity contribution in [3.05, 3.63) is 47.3 Å². The number of aliphatic carboxylic acids is 2. The summed E-state index contributed by atoms with van der Waals surface area (Å²) < 4.78 is 34.6. The molecular formula is C37H56O23. The van der Waals surface area contributed by atoms with E-state index in [1.165, 1.54) is 12.1 Å². The van der Waals surface area contributed by atoms with Crippen LogP contribution < -0.4 is 0 Å². The van der Waals surface area contributed by atoms with Crippen LogP contribution in [0.2, 0.25) is 0 Å². The lowest BCUT2D eigenvalue weighted by atomic mass is 10.3. The number of ether oxygens (including phenoxy) is 5. The number of aromatic carboxylic acids is 2. The Bertz CT molecular complexity index is 1460. The minimum Gasteiger partial charge on any atom is -0.481 e. The van der Waals surface area contributed by atoms with Crippen molar-refractivity contribution in [3.8, 4) is 0 Å². The Morgan fingerprint density at radius 2 is 0.750 bits per heavy atom. The number of esters is 4. The van der Waals surface area contributed by atoms with E-state index in [4.69, 9.17) is 63.8 Å². The van der Waals surface area contributed by atoms with Gasteiger partial charge in [0.05, 0.1) is 52.1 Å². The molecule has 0 aromatic carbocycles. The van der Waals surface area contributed by atoms with Gasteiger partial charge in [0, 0.05) is 33.5 Å². The molecule has 9 N–H and O–H groups in total. The Morgan fingerprint density at radius 1 is 0.450 bits per heavy atom. The summed E-state index contributed by atoms with van der Waals surface area (Å²) in [5, 5.41) is 57.2. The number of hydrogen-bond donors (Lipinski definition) is 7. The third-order valence-electron chi connectivity index (χ3n) is 6.51. The monoisotopic (exact) mass is 868 g/mol. The first-order chi connectivity index (χ1) is 28.1. The number of hydrogen-bond acceptors (Lipinski definition) is 18. The highest BCUT2D eigenvalue weighted by Gasteiger charge is 2.18. The van der Waals surface area contributed by atoms with Gasteiger partial charge in [-0.2, -0.15) is 0 Å². The molecule has 0 radical (unpaired) electrons. The first kappa shape index (κ1) is 58.4. The average molecular weight is 869 g/mol. The normalized spacial score (nSPS) is 9.73. The molecule has 0 amide bonds. The molecule has 2 aromatic rings. The fourth-order valence-corrected chi connectivity index (χ4v) is 3.52. The van der Waals surface area contributed by atoms with Crippen LogP contribution in [0.15, 0.2) is 33.1 Å². The molecule has 0 atom stereocenters. The highest BCUT2D eigenvalue weighted by Crippen LogP contribution is 2.12. The van der Waals surface area contributed by atoms with Gasteiger partial charge in [0.15, 0.2) is 0 Å². The zero-order valence-corrected chi connectivity index (χ0v) is 33.2. The largest absolute Gasteiger partial charge is 0.481 e. The van der Waals surface area contributed by atoms with Crippen LogP contribution in [-0.2, 0) is 42.9 Å². The predicted molar refractivity (Wildman–Crippen MR) is 201 cm³/mol. The highest BCUT2D eigenvalue weighted by molar-refractivity contribution is 5.91. The number of carbonyl (C=O) groups excluding carboxylic acids is 4. The highest BCUT2D eigenvalue weighted by atomic mass is 16.6. The third-order valence-corrected chi connectivity index (χ3v) is 6.51. The topological polar surface area (TPSA) is 382 Å². The molecule has 2 heterocycles. The van der Waals surface area contributed by atoms with Crippen LogP contribution in [0.3, 0.4) is 0 Å². The summed E-state index contributed by atoms with van der Waals surface area (Å²) in [7, 11) is 1.60. The Kier molecular flexibility index (Phi) is 37.6. The van der Waals surface area contributed by atoms with Crippen molar-refractivity contribution in [2.24, 2.45) is 0 Å². The molecule has 0 saturated carbocycles. The number of methoxy groups -OCH3 is 1. The quantitative estimate of drug-likeness (QED) is 0.0383. The van der Waals surface area contributed by atoms with Gasteiger partial charge in [0.1, 0.15) is 0 Å². The predicted octanol–water partition coefficient (Wildman–Crippen LogP) is 1.98. The molecule has 0 fully saturated rings. The number of aliphatic hydroxyl groups excluding tert-OH is 3. The third kappa shape index (κ3) is 34.2. The molecule has 0 aliphatic carbocycles. The summed E-state index contributed by atoms with van der Waals surface area (Å²) >= 11 is 0. The molecule has 0 aliphatic heterocycles. The summed E-state index contributed by atoms with van der Waals surface area (Å²) in [4.78, 5) is 86.5. The maximum absolute atomic E-state index is 12.0. The number of rotatable bonds is 27. The second-order valence-electron chi connectivity index (χ2n) is 11.4. The van der Waals surface area contributed by atoms with E-state index in [9.17, 15) is 38.4 Å². The lowest BCUT2D eigenvalue weighted by Crippen LogP contribution is -2.12. The number of furan rings is 2. The molecule has 2 aromatic heterocycles. The second kappa shape index (κ2) is 38.6. The number of carboxylic acid groups (broad SMARTS) is 4. The van der Waals surface area contributed by atoms with Gasteiger partial charge in [-0.3, -0.25) is 19.2 Å². The van der Waals surface area contributed by atoms with Crippen molar-refractivity contribution in [2.45, 2.75) is 77.0 Å². The fraction of sp³-hybridized carbons (Fsp3) is 0.568. The molecule has 23 heteroatoms. The summed E-state index contributed by atoms with van der Waals surface area (Å²) in [5.74, 6) is -8.03. The van der Waals surface area contributed by atoms with E-state index < -0.39 is 47.8 Å². The van der Waals surface area contributed by atoms with E-state index in [1.54, 1.807) is 7.11 Å². The first-order valence-corrected chi connectivity index (χ1v) is 18.2. The molecule has 0 unspecified atom stereocenters. The van der Waals surface area contributed by atoms with Crippen LogP contribution in [0.5, 0.6) is 0 Å². The van der Waals surface area contributed by atoms with E-state index in [-0.39, 0.29) is 100 Å². The number of unbranched alkanes of at least 4 members (excludes halogenated alkanes) is 4. The van der Waals surface area contributed by atoms with Gasteiger partial charge < -0.3 is 73.7 Å². The number of carbonyl (C=O) groups is 8. The standard InChI is InChI=1S/C23H34O11.C6H4O5.C4H6O4.C4H10O2.H2O/c1-29-13-4-5-16-32-22(27)18-8-9-19(34-18)23(28)33-17-7-6-15-31-21(26)11-10-20(25)30-14-3-2-12-24;7-5(8)3-1-2-4(11-3)6(9)10;5-3(6)1-2-4(7)8;5-3-1-2-4-6;/h8-9,24H,2-7,10-17H2,1H3;1-2H,(H,7,8)(H,9,10);1-2H2,(H,5,6)(H,7,8);5-6H,1-4H2;1H2. The zero-order chi connectivity index (χ0) is 44.8. The van der Waals surface area contributed by atoms with Crippen molar-refractivity contribution in [1.29, 1.82) is 0 Å². The van der Waals surface area contributed by atoms with Crippen LogP contribution >= 0.6 is 0 Å². The summed E-state index contributed by atoms with van der Waals surface area (Å²) in [6.07, 6.45) is 4.15. The van der Waals surface area contributed by atoms with E-state index in [2.05, 4.69) is 4.42 Å². The van der Waals surface area contributed by atoms with Gasteiger partial charge in [-0.15, -0.1) is 0 Å². The van der Waals surface area contributed by atoms with E-state index >= 15 is 0 Å². The van der Waals surface area contributed by atoms with Crippen LogP contribution in [0.25, 0.3) is 0 Å². The molecule has 0 spiro atoms. The second-order valence-corrected chi connectivity index (χ2v) is 11.4. The van der Waals surface area contributed by atoms with Crippen LogP contribution in [0, 0.1) is 0 Å². The summed E-state index contributed by atoms with van der Waals surface area (Å²) in [6.45, 7) is 1.66. The van der Waals surface area contributed by atoms with Gasteiger partial charge in [-0.1, -0.05) is 0 Å². The van der Waals surface area contributed by atoms with Crippen molar-refractivity contribution in [3.63, 3.8) is 0 Å². The molecule has 342 valence electrons. The summed E-state index contributed by atoms with van der Waals surface area (Å²) in [6, 6.07) is 4.86. The van der Waals surface area contributed by atoms with Gasteiger partial charge >= 0.3 is 47.8 Å². The Labute approximate surface area is 344 Å². The van der Waals surface area contributed by atoms with Crippen molar-refractivity contribution >= 4 is 47.8 Å². The van der Waals surface area contributed by atoms with E-state index in [0.717, 1.165) is 31.4 Å². The smallest absolute Gasteiger partial charge is 0.374 e. The molecule has 0 saturated heterocycles. The summed E-state index contributed by atoms with van der Waals surface area (Å²) in [5.41, 5.74) is 0. The van der Waals surface area contributed by atoms with Crippen molar-refractivity contribution < 1.29 is 112 Å². The van der Waals surface area contributed by atoms with Gasteiger partial charge in [0.2, 0.25) is 23.0 Å². The maximum Gasteiger partial charge on any atom is 0.374 e. The van der Waals surface area contributed by atoms with Crippen LogP contribution in [0.1, 0.15) is 119 Å². The molecule has 0 bridgehead atoms.